The second-order valence-electron chi connectivity index (χ2n) is 7.99. The Bertz CT molecular complexity index is 448. The summed E-state index contributed by atoms with van der Waals surface area (Å²) in [5.41, 5.74) is 1.87. The predicted octanol–water partition coefficient (Wildman–Crippen LogP) is 3.79. The molecule has 0 aliphatic heterocycles. The van der Waals surface area contributed by atoms with Gasteiger partial charge in [-0.25, -0.2) is 0 Å². The van der Waals surface area contributed by atoms with Crippen LogP contribution in [0.25, 0.3) is 0 Å². The summed E-state index contributed by atoms with van der Waals surface area (Å²) in [4.78, 5) is 0. The molecule has 0 aromatic carbocycles. The monoisotopic (exact) mass is 260 g/mol. The third-order valence-electron chi connectivity index (χ3n) is 6.11. The van der Waals surface area contributed by atoms with Gasteiger partial charge in [-0.3, -0.25) is 0 Å². The number of hydrogen-bond donors (Lipinski definition) is 1. The molecule has 0 saturated heterocycles. The Morgan fingerprint density at radius 3 is 2.63 bits per heavy atom. The van der Waals surface area contributed by atoms with E-state index in [1.807, 2.05) is 6.07 Å². The van der Waals surface area contributed by atoms with Gasteiger partial charge in [0.15, 0.2) is 0 Å². The smallest absolute Gasteiger partial charge is 0.0935 e. The van der Waals surface area contributed by atoms with Crippen LogP contribution in [0.1, 0.15) is 51.0 Å². The molecule has 104 valence electrons. The van der Waals surface area contributed by atoms with Gasteiger partial charge < -0.3 is 9.52 Å². The minimum absolute atomic E-state index is 0.185. The van der Waals surface area contributed by atoms with Gasteiger partial charge in [0.2, 0.25) is 0 Å². The maximum atomic E-state index is 10.9. The lowest BCUT2D eigenvalue weighted by Gasteiger charge is -2.62. The molecule has 2 nitrogen and oxygen atoms in total. The molecule has 2 heteroatoms. The average Bonchev–Trinajstić information content (AvgIpc) is 2.78. The summed E-state index contributed by atoms with van der Waals surface area (Å²) < 4.78 is 5.14. The summed E-state index contributed by atoms with van der Waals surface area (Å²) in [5, 5.41) is 10.9. The van der Waals surface area contributed by atoms with Gasteiger partial charge in [-0.05, 0) is 72.8 Å². The van der Waals surface area contributed by atoms with Crippen LogP contribution in [-0.2, 0) is 6.42 Å². The fourth-order valence-corrected chi connectivity index (χ4v) is 6.04. The van der Waals surface area contributed by atoms with Crippen molar-refractivity contribution in [3.63, 3.8) is 0 Å². The Hall–Kier alpha value is -0.760. The van der Waals surface area contributed by atoms with Crippen LogP contribution in [0.5, 0.6) is 0 Å². The van der Waals surface area contributed by atoms with Crippen LogP contribution in [0.2, 0.25) is 0 Å². The average molecular weight is 260 g/mol. The van der Waals surface area contributed by atoms with Crippen molar-refractivity contribution in [1.82, 2.24) is 0 Å². The quantitative estimate of drug-likeness (QED) is 0.897. The summed E-state index contributed by atoms with van der Waals surface area (Å²) in [7, 11) is 0. The first-order valence-electron chi connectivity index (χ1n) is 7.76. The van der Waals surface area contributed by atoms with E-state index in [2.05, 4.69) is 6.92 Å². The van der Waals surface area contributed by atoms with Crippen LogP contribution >= 0.6 is 0 Å². The predicted molar refractivity (Wildman–Crippen MR) is 73.6 cm³/mol. The lowest BCUT2D eigenvalue weighted by Crippen LogP contribution is -2.55. The van der Waals surface area contributed by atoms with E-state index in [4.69, 9.17) is 4.42 Å². The molecule has 1 aromatic rings. The molecule has 1 heterocycles. The molecule has 4 aliphatic carbocycles. The molecule has 4 aliphatic rings. The van der Waals surface area contributed by atoms with Gasteiger partial charge in [-0.15, -0.1) is 0 Å². The molecule has 3 atom stereocenters. The Kier molecular flexibility index (Phi) is 2.45. The molecule has 0 amide bonds. The molecular formula is C17H24O2. The van der Waals surface area contributed by atoms with E-state index in [0.717, 1.165) is 23.8 Å². The number of rotatable bonds is 3. The van der Waals surface area contributed by atoms with Crippen LogP contribution in [0.3, 0.4) is 0 Å². The molecule has 1 aromatic heterocycles. The van der Waals surface area contributed by atoms with Crippen molar-refractivity contribution >= 4 is 0 Å². The highest BCUT2D eigenvalue weighted by Gasteiger charge is 2.58. The van der Waals surface area contributed by atoms with Gasteiger partial charge in [-0.1, -0.05) is 6.92 Å². The van der Waals surface area contributed by atoms with Crippen LogP contribution in [0.15, 0.2) is 23.0 Å². The second-order valence-corrected chi connectivity index (χ2v) is 7.99. The summed E-state index contributed by atoms with van der Waals surface area (Å²) in [6, 6.07) is 1.99. The summed E-state index contributed by atoms with van der Waals surface area (Å²) in [5.74, 6) is 1.76. The first kappa shape index (κ1) is 12.0. The minimum Gasteiger partial charge on any atom is -0.472 e. The number of aliphatic hydroxyl groups is 1. The lowest BCUT2D eigenvalue weighted by atomic mass is 9.43. The van der Waals surface area contributed by atoms with Gasteiger partial charge in [0, 0.05) is 6.42 Å². The molecule has 19 heavy (non-hydrogen) atoms. The van der Waals surface area contributed by atoms with Crippen molar-refractivity contribution in [2.45, 2.75) is 58.0 Å². The normalized spacial score (nSPS) is 45.6. The highest BCUT2D eigenvalue weighted by atomic mass is 16.3. The Morgan fingerprint density at radius 1 is 1.32 bits per heavy atom. The molecule has 4 saturated carbocycles. The highest BCUT2D eigenvalue weighted by molar-refractivity contribution is 5.13. The summed E-state index contributed by atoms with van der Waals surface area (Å²) in [6.45, 7) is 2.46. The molecule has 0 radical (unpaired) electrons. The van der Waals surface area contributed by atoms with Gasteiger partial charge >= 0.3 is 0 Å². The number of hydrogen-bond acceptors (Lipinski definition) is 2. The zero-order chi connectivity index (χ0) is 13.1. The third kappa shape index (κ3) is 1.87. The van der Waals surface area contributed by atoms with Crippen molar-refractivity contribution in [1.29, 1.82) is 0 Å². The van der Waals surface area contributed by atoms with Crippen molar-refractivity contribution in [2.75, 3.05) is 0 Å². The van der Waals surface area contributed by atoms with Crippen molar-refractivity contribution in [2.24, 2.45) is 22.7 Å². The van der Waals surface area contributed by atoms with Crippen molar-refractivity contribution in [3.05, 3.63) is 24.2 Å². The maximum Gasteiger partial charge on any atom is 0.0935 e. The third-order valence-corrected chi connectivity index (χ3v) is 6.11. The van der Waals surface area contributed by atoms with E-state index < -0.39 is 0 Å². The lowest BCUT2D eigenvalue weighted by molar-refractivity contribution is -0.152. The summed E-state index contributed by atoms with van der Waals surface area (Å²) in [6.07, 6.45) is 12.1. The molecule has 4 bridgehead atoms. The fraction of sp³-hybridized carbons (Fsp3) is 0.765. The molecule has 1 N–H and O–H groups in total. The minimum atomic E-state index is -0.185. The van der Waals surface area contributed by atoms with Gasteiger partial charge in [0.05, 0.1) is 18.6 Å². The largest absolute Gasteiger partial charge is 0.472 e. The topological polar surface area (TPSA) is 33.4 Å². The molecule has 0 spiro atoms. The first-order valence-corrected chi connectivity index (χ1v) is 7.76. The van der Waals surface area contributed by atoms with Gasteiger partial charge in [-0.2, -0.15) is 0 Å². The zero-order valence-electron chi connectivity index (χ0n) is 11.8. The second kappa shape index (κ2) is 3.88. The SMILES string of the molecule is CC12CC3CC(C1)CC(C(O)Cc1ccoc1)(C3)C2. The van der Waals surface area contributed by atoms with Crippen LogP contribution < -0.4 is 0 Å². The van der Waals surface area contributed by atoms with E-state index in [0.29, 0.717) is 5.41 Å². The van der Waals surface area contributed by atoms with E-state index in [9.17, 15) is 5.11 Å². The Balaban J connectivity index is 1.59. The molecule has 5 rings (SSSR count). The zero-order valence-corrected chi connectivity index (χ0v) is 11.8. The fourth-order valence-electron chi connectivity index (χ4n) is 6.04. The van der Waals surface area contributed by atoms with Gasteiger partial charge in [0.25, 0.3) is 0 Å². The standard InChI is InChI=1S/C17H24O2/c1-16-6-13-4-14(7-16)9-17(8-13,11-16)15(18)5-12-2-3-19-10-12/h2-3,10,13-15,18H,4-9,11H2,1H3. The summed E-state index contributed by atoms with van der Waals surface area (Å²) >= 11 is 0. The van der Waals surface area contributed by atoms with Crippen LogP contribution in [0.4, 0.5) is 0 Å². The van der Waals surface area contributed by atoms with E-state index in [-0.39, 0.29) is 11.5 Å². The van der Waals surface area contributed by atoms with E-state index in [1.54, 1.807) is 12.5 Å². The maximum absolute atomic E-state index is 10.9. The van der Waals surface area contributed by atoms with Crippen LogP contribution in [0, 0.1) is 22.7 Å². The molecule has 4 fully saturated rings. The Labute approximate surface area is 115 Å². The Morgan fingerprint density at radius 2 is 2.05 bits per heavy atom. The molecule has 3 unspecified atom stereocenters. The van der Waals surface area contributed by atoms with Crippen molar-refractivity contribution < 1.29 is 9.52 Å². The van der Waals surface area contributed by atoms with Gasteiger partial charge in [0.1, 0.15) is 0 Å². The van der Waals surface area contributed by atoms with E-state index in [1.165, 1.54) is 38.5 Å². The van der Waals surface area contributed by atoms with Crippen LogP contribution in [-0.4, -0.2) is 11.2 Å². The first-order chi connectivity index (χ1) is 9.07. The highest BCUT2D eigenvalue weighted by Crippen LogP contribution is 2.66. The van der Waals surface area contributed by atoms with Crippen molar-refractivity contribution in [3.8, 4) is 0 Å². The number of furan rings is 1. The van der Waals surface area contributed by atoms with E-state index >= 15 is 0 Å². The number of aliphatic hydroxyl groups excluding tert-OH is 1. The molecular weight excluding hydrogens is 236 g/mol.